The Kier molecular flexibility index (Phi) is 4.18. The second kappa shape index (κ2) is 5.86. The van der Waals surface area contributed by atoms with E-state index in [-0.39, 0.29) is 23.2 Å². The minimum Gasteiger partial charge on any atom is -0.393 e. The maximum Gasteiger partial charge on any atom is 0.190 e. The minimum atomic E-state index is -1.53. The number of carbonyl (C=O) groups excluding carboxylic acids is 2. The zero-order chi connectivity index (χ0) is 18.9. The van der Waals surface area contributed by atoms with Crippen molar-refractivity contribution in [1.82, 2.24) is 0 Å². The predicted octanol–water partition coefficient (Wildman–Crippen LogP) is 1.86. The van der Waals surface area contributed by atoms with Crippen LogP contribution in [0.25, 0.3) is 0 Å². The molecule has 0 aromatic heterocycles. The average Bonchev–Trinajstić information content (AvgIpc) is 2.86. The third-order valence-corrected chi connectivity index (χ3v) is 9.17. The highest BCUT2D eigenvalue weighted by Crippen LogP contribution is 2.68. The summed E-state index contributed by atoms with van der Waals surface area (Å²) in [6.45, 7) is 3.55. The molecule has 0 heterocycles. The van der Waals surface area contributed by atoms with Gasteiger partial charge in [0, 0.05) is 18.3 Å². The zero-order valence-electron chi connectivity index (χ0n) is 15.9. The van der Waals surface area contributed by atoms with Crippen molar-refractivity contribution in [2.45, 2.75) is 76.9 Å². The van der Waals surface area contributed by atoms with Crippen LogP contribution in [-0.2, 0) is 9.59 Å². The van der Waals surface area contributed by atoms with Crippen LogP contribution >= 0.6 is 0 Å². The highest BCUT2D eigenvalue weighted by molar-refractivity contribution is 5.89. The fraction of sp³-hybridized carbons (Fsp3) is 0.905. The number of hydrogen-bond acceptors (Lipinski definition) is 5. The molecular weight excluding hydrogens is 332 g/mol. The number of Topliss-reactive ketones (excluding diaryl/α,β-unsaturated/α-hetero) is 2. The lowest BCUT2D eigenvalue weighted by Crippen LogP contribution is -2.63. The lowest BCUT2D eigenvalue weighted by atomic mass is 9.43. The van der Waals surface area contributed by atoms with Crippen LogP contribution < -0.4 is 0 Å². The maximum absolute atomic E-state index is 12.4. The van der Waals surface area contributed by atoms with E-state index in [4.69, 9.17) is 0 Å². The van der Waals surface area contributed by atoms with Crippen LogP contribution in [-0.4, -0.2) is 45.2 Å². The average molecular weight is 364 g/mol. The molecule has 3 N–H and O–H groups in total. The number of rotatable bonds is 2. The van der Waals surface area contributed by atoms with E-state index in [9.17, 15) is 24.9 Å². The normalized spacial score (nSPS) is 53.6. The molecule has 146 valence electrons. The quantitative estimate of drug-likeness (QED) is 0.695. The maximum atomic E-state index is 12.4. The molecule has 4 fully saturated rings. The van der Waals surface area contributed by atoms with E-state index in [2.05, 4.69) is 6.92 Å². The summed E-state index contributed by atoms with van der Waals surface area (Å²) in [5.74, 6) is 0.800. The summed E-state index contributed by atoms with van der Waals surface area (Å²) in [5.41, 5.74) is -2.24. The van der Waals surface area contributed by atoms with Gasteiger partial charge in [0.15, 0.2) is 5.78 Å². The SMILES string of the molecule is C[C@]12CCC(=O)CC1CC[C@H]1[C@@H]2C(O)C[C@@]2(C)[C@H]1CC[C@]2(O)C(=O)CO. The molecule has 0 radical (unpaired) electrons. The molecule has 0 aromatic carbocycles. The van der Waals surface area contributed by atoms with Crippen LogP contribution in [0.4, 0.5) is 0 Å². The minimum absolute atomic E-state index is 0.0285. The van der Waals surface area contributed by atoms with Crippen molar-refractivity contribution < 1.29 is 24.9 Å². The van der Waals surface area contributed by atoms with Crippen molar-refractivity contribution in [3.05, 3.63) is 0 Å². The summed E-state index contributed by atoms with van der Waals surface area (Å²) in [4.78, 5) is 24.3. The van der Waals surface area contributed by atoms with Gasteiger partial charge in [-0.2, -0.15) is 0 Å². The van der Waals surface area contributed by atoms with Crippen LogP contribution in [0.3, 0.4) is 0 Å². The lowest BCUT2D eigenvalue weighted by molar-refractivity contribution is -0.198. The first-order valence-corrected chi connectivity index (χ1v) is 10.2. The Balaban J connectivity index is 1.70. The summed E-state index contributed by atoms with van der Waals surface area (Å²) in [6, 6.07) is 0. The fourth-order valence-electron chi connectivity index (χ4n) is 7.76. The molecule has 26 heavy (non-hydrogen) atoms. The Hall–Kier alpha value is -0.780. The smallest absolute Gasteiger partial charge is 0.190 e. The summed E-state index contributed by atoms with van der Waals surface area (Å²) < 4.78 is 0. The molecule has 0 amide bonds. The first-order chi connectivity index (χ1) is 12.2. The van der Waals surface area contributed by atoms with Gasteiger partial charge in [-0.15, -0.1) is 0 Å². The molecule has 8 atom stereocenters. The Bertz CT molecular complexity index is 632. The van der Waals surface area contributed by atoms with Crippen LogP contribution in [0.15, 0.2) is 0 Å². The Morgan fingerprint density at radius 2 is 1.92 bits per heavy atom. The molecule has 4 rings (SSSR count). The summed E-state index contributed by atoms with van der Waals surface area (Å²) in [7, 11) is 0. The first kappa shape index (κ1) is 18.6. The van der Waals surface area contributed by atoms with Crippen molar-refractivity contribution >= 4 is 11.6 Å². The first-order valence-electron chi connectivity index (χ1n) is 10.2. The molecule has 0 aromatic rings. The number of aliphatic hydroxyl groups excluding tert-OH is 2. The number of fused-ring (bicyclic) bond motifs is 5. The number of carbonyl (C=O) groups is 2. The largest absolute Gasteiger partial charge is 0.393 e. The topological polar surface area (TPSA) is 94.8 Å². The fourth-order valence-corrected chi connectivity index (χ4v) is 7.76. The van der Waals surface area contributed by atoms with Gasteiger partial charge in [0.1, 0.15) is 18.0 Å². The molecule has 2 unspecified atom stereocenters. The molecule has 4 saturated carbocycles. The van der Waals surface area contributed by atoms with E-state index in [1.165, 1.54) is 0 Å². The number of ketones is 2. The van der Waals surface area contributed by atoms with Crippen LogP contribution in [0.1, 0.15) is 65.2 Å². The standard InChI is InChI=1S/C21H32O5/c1-19-7-5-13(23)9-12(19)3-4-14-15-6-8-21(26,17(25)11-22)20(15,2)10-16(24)18(14)19/h12,14-16,18,22,24,26H,3-11H2,1-2H3/t12?,14-,15+,16?,18-,19+,20+,21+/m1/s1. The molecule has 5 heteroatoms. The Morgan fingerprint density at radius 1 is 1.19 bits per heavy atom. The van der Waals surface area contributed by atoms with Gasteiger partial charge in [0.05, 0.1) is 6.10 Å². The van der Waals surface area contributed by atoms with Gasteiger partial charge in [0.25, 0.3) is 0 Å². The summed E-state index contributed by atoms with van der Waals surface area (Å²) in [5, 5.41) is 31.8. The van der Waals surface area contributed by atoms with Crippen molar-refractivity contribution in [3.63, 3.8) is 0 Å². The van der Waals surface area contributed by atoms with Crippen molar-refractivity contribution in [1.29, 1.82) is 0 Å². The molecule has 0 saturated heterocycles. The van der Waals surface area contributed by atoms with Crippen molar-refractivity contribution in [2.24, 2.45) is 34.5 Å². The van der Waals surface area contributed by atoms with Crippen molar-refractivity contribution in [3.8, 4) is 0 Å². The van der Waals surface area contributed by atoms with Crippen LogP contribution in [0, 0.1) is 34.5 Å². The molecule has 4 aliphatic rings. The van der Waals surface area contributed by atoms with Gasteiger partial charge in [-0.3, -0.25) is 9.59 Å². The van der Waals surface area contributed by atoms with Gasteiger partial charge in [0.2, 0.25) is 0 Å². The van der Waals surface area contributed by atoms with E-state index in [0.29, 0.717) is 37.4 Å². The summed E-state index contributed by atoms with van der Waals surface area (Å²) in [6.07, 6.45) is 5.02. The molecule has 0 spiro atoms. The van der Waals surface area contributed by atoms with E-state index >= 15 is 0 Å². The predicted molar refractivity (Wildman–Crippen MR) is 95.2 cm³/mol. The second-order valence-corrected chi connectivity index (χ2v) is 9.99. The third kappa shape index (κ3) is 2.20. The van der Waals surface area contributed by atoms with Gasteiger partial charge < -0.3 is 15.3 Å². The molecule has 4 aliphatic carbocycles. The molecule has 0 aliphatic heterocycles. The van der Waals surface area contributed by atoms with Crippen molar-refractivity contribution in [2.75, 3.05) is 6.61 Å². The molecular formula is C21H32O5. The van der Waals surface area contributed by atoms with E-state index in [1.807, 2.05) is 6.92 Å². The van der Waals surface area contributed by atoms with Crippen LogP contribution in [0.2, 0.25) is 0 Å². The lowest BCUT2D eigenvalue weighted by Gasteiger charge is -2.62. The Labute approximate surface area is 155 Å². The van der Waals surface area contributed by atoms with Gasteiger partial charge in [-0.1, -0.05) is 13.8 Å². The highest BCUT2D eigenvalue weighted by atomic mass is 16.3. The van der Waals surface area contributed by atoms with E-state index in [1.54, 1.807) is 0 Å². The van der Waals surface area contributed by atoms with Gasteiger partial charge in [-0.05, 0) is 67.6 Å². The second-order valence-electron chi connectivity index (χ2n) is 9.99. The van der Waals surface area contributed by atoms with Crippen LogP contribution in [0.5, 0.6) is 0 Å². The third-order valence-electron chi connectivity index (χ3n) is 9.17. The summed E-state index contributed by atoms with van der Waals surface area (Å²) >= 11 is 0. The molecule has 5 nitrogen and oxygen atoms in total. The monoisotopic (exact) mass is 364 g/mol. The highest BCUT2D eigenvalue weighted by Gasteiger charge is 2.68. The van der Waals surface area contributed by atoms with E-state index < -0.39 is 29.5 Å². The Morgan fingerprint density at radius 3 is 2.62 bits per heavy atom. The van der Waals surface area contributed by atoms with Gasteiger partial charge >= 0.3 is 0 Å². The molecule has 0 bridgehead atoms. The van der Waals surface area contributed by atoms with E-state index in [0.717, 1.165) is 25.7 Å². The number of hydrogen-bond donors (Lipinski definition) is 3. The van der Waals surface area contributed by atoms with Gasteiger partial charge in [-0.25, -0.2) is 0 Å². The zero-order valence-corrected chi connectivity index (χ0v) is 15.9. The number of aliphatic hydroxyl groups is 3.